The summed E-state index contributed by atoms with van der Waals surface area (Å²) in [6.07, 6.45) is 0. The average Bonchev–Trinajstić information content (AvgIpc) is 3.18. The maximum atomic E-state index is 13.2. The van der Waals surface area contributed by atoms with Crippen LogP contribution < -0.4 is 0 Å². The summed E-state index contributed by atoms with van der Waals surface area (Å²) >= 11 is 0. The van der Waals surface area contributed by atoms with Crippen LogP contribution in [-0.2, 0) is 17.1 Å². The molecule has 7 nitrogen and oxygen atoms in total. The minimum atomic E-state index is -3.78. The monoisotopic (exact) mass is 439 g/mol. The highest BCUT2D eigenvalue weighted by Crippen LogP contribution is 2.30. The summed E-state index contributed by atoms with van der Waals surface area (Å²) in [4.78, 5) is 13.6. The maximum Gasteiger partial charge on any atom is 0.352 e. The molecule has 0 saturated carbocycles. The Labute approximate surface area is 182 Å². The van der Waals surface area contributed by atoms with Crippen LogP contribution in [0.15, 0.2) is 77.8 Å². The molecule has 1 fully saturated rings. The van der Waals surface area contributed by atoms with Crippen molar-refractivity contribution < 1.29 is 18.3 Å². The van der Waals surface area contributed by atoms with Crippen LogP contribution in [0.2, 0.25) is 0 Å². The molecule has 1 aliphatic rings. The fourth-order valence-electron chi connectivity index (χ4n) is 4.19. The van der Waals surface area contributed by atoms with Crippen LogP contribution in [0, 0.1) is 0 Å². The number of rotatable bonds is 6. The van der Waals surface area contributed by atoms with Crippen molar-refractivity contribution in [1.29, 1.82) is 0 Å². The molecule has 2 aromatic carbocycles. The first-order valence-corrected chi connectivity index (χ1v) is 11.6. The summed E-state index contributed by atoms with van der Waals surface area (Å²) < 4.78 is 29.0. The molecule has 162 valence electrons. The number of hydrogen-bond acceptors (Lipinski definition) is 4. The van der Waals surface area contributed by atoms with Crippen molar-refractivity contribution in [3.05, 3.63) is 89.6 Å². The van der Waals surface area contributed by atoms with Crippen LogP contribution in [0.25, 0.3) is 0 Å². The first-order chi connectivity index (χ1) is 14.9. The van der Waals surface area contributed by atoms with Crippen LogP contribution in [0.4, 0.5) is 0 Å². The standard InChI is InChI=1S/C23H25N3O4S/c1-24-20(23(27)28)12-13-21(24)31(29,30)26-16-14-25(15-17-26)22(18-8-4-2-5-9-18)19-10-6-3-7-11-19/h2-13,22H,14-17H2,1H3,(H,27,28). The van der Waals surface area contributed by atoms with E-state index in [0.717, 1.165) is 0 Å². The molecule has 0 aliphatic carbocycles. The Hall–Kier alpha value is -2.94. The molecule has 1 N–H and O–H groups in total. The summed E-state index contributed by atoms with van der Waals surface area (Å²) in [6, 6.07) is 23.1. The van der Waals surface area contributed by atoms with Crippen LogP contribution >= 0.6 is 0 Å². The van der Waals surface area contributed by atoms with E-state index in [1.54, 1.807) is 0 Å². The van der Waals surface area contributed by atoms with Gasteiger partial charge in [-0.1, -0.05) is 60.7 Å². The second-order valence-corrected chi connectivity index (χ2v) is 9.47. The lowest BCUT2D eigenvalue weighted by molar-refractivity contribution is 0.0685. The molecule has 1 aliphatic heterocycles. The van der Waals surface area contributed by atoms with E-state index in [2.05, 4.69) is 29.2 Å². The molecule has 1 aromatic heterocycles. The Balaban J connectivity index is 1.56. The molecule has 4 rings (SSSR count). The normalized spacial score (nSPS) is 15.9. The number of carboxylic acid groups (broad SMARTS) is 1. The molecule has 0 unspecified atom stereocenters. The molecule has 0 amide bonds. The summed E-state index contributed by atoms with van der Waals surface area (Å²) in [5.41, 5.74) is 2.28. The zero-order valence-electron chi connectivity index (χ0n) is 17.3. The Kier molecular flexibility index (Phi) is 5.95. The van der Waals surface area contributed by atoms with E-state index in [9.17, 15) is 18.3 Å². The number of benzene rings is 2. The zero-order valence-corrected chi connectivity index (χ0v) is 18.1. The van der Waals surface area contributed by atoms with E-state index in [1.165, 1.54) is 39.2 Å². The predicted molar refractivity (Wildman–Crippen MR) is 117 cm³/mol. The van der Waals surface area contributed by atoms with Gasteiger partial charge in [0.05, 0.1) is 6.04 Å². The first kappa shape index (κ1) is 21.3. The molecule has 0 atom stereocenters. The number of piperazine rings is 1. The van der Waals surface area contributed by atoms with Crippen LogP contribution in [-0.4, -0.2) is 59.4 Å². The molecule has 0 spiro atoms. The van der Waals surface area contributed by atoms with Crippen molar-refractivity contribution in [3.8, 4) is 0 Å². The van der Waals surface area contributed by atoms with Crippen molar-refractivity contribution in [3.63, 3.8) is 0 Å². The van der Waals surface area contributed by atoms with Gasteiger partial charge in [-0.25, -0.2) is 13.2 Å². The van der Waals surface area contributed by atoms with Gasteiger partial charge >= 0.3 is 5.97 Å². The molecule has 1 saturated heterocycles. The van der Waals surface area contributed by atoms with Gasteiger partial charge in [-0.15, -0.1) is 0 Å². The van der Waals surface area contributed by atoms with Crippen molar-refractivity contribution in [2.45, 2.75) is 11.1 Å². The van der Waals surface area contributed by atoms with Gasteiger partial charge in [0, 0.05) is 33.2 Å². The number of carbonyl (C=O) groups is 1. The molecular weight excluding hydrogens is 414 g/mol. The van der Waals surface area contributed by atoms with E-state index in [0.29, 0.717) is 26.2 Å². The summed E-state index contributed by atoms with van der Waals surface area (Å²) in [7, 11) is -2.31. The molecular formula is C23H25N3O4S. The fourth-order valence-corrected chi connectivity index (χ4v) is 5.78. The number of aromatic nitrogens is 1. The molecule has 3 aromatic rings. The number of aromatic carboxylic acids is 1. The minimum Gasteiger partial charge on any atom is -0.477 e. The lowest BCUT2D eigenvalue weighted by Gasteiger charge is -2.39. The smallest absolute Gasteiger partial charge is 0.352 e. The average molecular weight is 440 g/mol. The summed E-state index contributed by atoms with van der Waals surface area (Å²) in [5.74, 6) is -1.15. The van der Waals surface area contributed by atoms with Gasteiger partial charge in [0.1, 0.15) is 5.69 Å². The van der Waals surface area contributed by atoms with Crippen molar-refractivity contribution in [1.82, 2.24) is 13.8 Å². The minimum absolute atomic E-state index is 0.000943. The van der Waals surface area contributed by atoms with Gasteiger partial charge in [-0.2, -0.15) is 4.31 Å². The third kappa shape index (κ3) is 4.14. The van der Waals surface area contributed by atoms with E-state index in [1.807, 2.05) is 36.4 Å². The van der Waals surface area contributed by atoms with Gasteiger partial charge in [0.15, 0.2) is 5.03 Å². The van der Waals surface area contributed by atoms with Gasteiger partial charge in [-0.05, 0) is 23.3 Å². The second-order valence-electron chi connectivity index (χ2n) is 7.58. The number of sulfonamides is 1. The second kappa shape index (κ2) is 8.66. The van der Waals surface area contributed by atoms with Gasteiger partial charge < -0.3 is 9.67 Å². The first-order valence-electron chi connectivity index (χ1n) is 10.1. The van der Waals surface area contributed by atoms with E-state index >= 15 is 0 Å². The number of hydrogen-bond donors (Lipinski definition) is 1. The van der Waals surface area contributed by atoms with E-state index < -0.39 is 16.0 Å². The van der Waals surface area contributed by atoms with Crippen molar-refractivity contribution in [2.24, 2.45) is 7.05 Å². The molecule has 8 heteroatoms. The third-order valence-electron chi connectivity index (χ3n) is 5.77. The largest absolute Gasteiger partial charge is 0.477 e. The SMILES string of the molecule is Cn1c(C(=O)O)ccc1S(=O)(=O)N1CCN(C(c2ccccc2)c2ccccc2)CC1. The van der Waals surface area contributed by atoms with Gasteiger partial charge in [0.2, 0.25) is 0 Å². The Morgan fingerprint density at radius 2 is 1.35 bits per heavy atom. The number of nitrogens with zero attached hydrogens (tertiary/aromatic N) is 3. The highest BCUT2D eigenvalue weighted by atomic mass is 32.2. The Morgan fingerprint density at radius 3 is 1.81 bits per heavy atom. The van der Waals surface area contributed by atoms with Gasteiger partial charge in [0.25, 0.3) is 10.0 Å². The summed E-state index contributed by atoms with van der Waals surface area (Å²) in [5, 5.41) is 9.23. The predicted octanol–water partition coefficient (Wildman–Crippen LogP) is 2.82. The lowest BCUT2D eigenvalue weighted by atomic mass is 9.96. The van der Waals surface area contributed by atoms with E-state index in [4.69, 9.17) is 0 Å². The van der Waals surface area contributed by atoms with Crippen molar-refractivity contribution in [2.75, 3.05) is 26.2 Å². The zero-order chi connectivity index (χ0) is 22.0. The Morgan fingerprint density at radius 1 is 0.839 bits per heavy atom. The van der Waals surface area contributed by atoms with Crippen molar-refractivity contribution >= 4 is 16.0 Å². The maximum absolute atomic E-state index is 13.2. The third-order valence-corrected chi connectivity index (χ3v) is 7.75. The van der Waals surface area contributed by atoms with Crippen LogP contribution in [0.5, 0.6) is 0 Å². The molecule has 0 bridgehead atoms. The quantitative estimate of drug-likeness (QED) is 0.639. The van der Waals surface area contributed by atoms with Crippen LogP contribution in [0.3, 0.4) is 0 Å². The molecule has 0 radical (unpaired) electrons. The van der Waals surface area contributed by atoms with E-state index in [-0.39, 0.29) is 16.8 Å². The summed E-state index contributed by atoms with van der Waals surface area (Å²) in [6.45, 7) is 1.83. The number of carboxylic acids is 1. The highest BCUT2D eigenvalue weighted by molar-refractivity contribution is 7.89. The molecule has 2 heterocycles. The highest BCUT2D eigenvalue weighted by Gasteiger charge is 2.34. The topological polar surface area (TPSA) is 82.8 Å². The fraction of sp³-hybridized carbons (Fsp3) is 0.261. The Bertz CT molecular complexity index is 1110. The molecule has 31 heavy (non-hydrogen) atoms. The van der Waals surface area contributed by atoms with Crippen LogP contribution in [0.1, 0.15) is 27.7 Å². The lowest BCUT2D eigenvalue weighted by Crippen LogP contribution is -2.50. The van der Waals surface area contributed by atoms with Gasteiger partial charge in [-0.3, -0.25) is 4.90 Å².